The molecule has 7 atom stereocenters. The second-order valence-corrected chi connectivity index (χ2v) is 29.1. The van der Waals surface area contributed by atoms with Gasteiger partial charge in [0.15, 0.2) is 34.5 Å². The predicted octanol–water partition coefficient (Wildman–Crippen LogP) is 7.64. The van der Waals surface area contributed by atoms with Crippen molar-refractivity contribution in [2.24, 2.45) is 15.1 Å². The zero-order valence-electron chi connectivity index (χ0n) is 57.7. The largest absolute Gasteiger partial charge is 0.501 e. The van der Waals surface area contributed by atoms with Crippen molar-refractivity contribution in [1.29, 1.82) is 0 Å². The van der Waals surface area contributed by atoms with Crippen molar-refractivity contribution in [3.8, 4) is 40.2 Å². The molecule has 3 amide bonds. The smallest absolute Gasteiger partial charge is 0.493 e. The van der Waals surface area contributed by atoms with E-state index in [2.05, 4.69) is 22.2 Å². The van der Waals surface area contributed by atoms with Gasteiger partial charge in [0.2, 0.25) is 6.29 Å². The van der Waals surface area contributed by atoms with E-state index in [-0.39, 0.29) is 94.5 Å². The number of benzene rings is 5. The van der Waals surface area contributed by atoms with Gasteiger partial charge in [-0.05, 0) is 123 Å². The Bertz CT molecular complexity index is 4330. The number of aliphatic hydroxyl groups is 4. The SMILES string of the molecule is COc1cc2c(cc1OCc1cc(COc3cc4c(cc3OC)C(=O)N3Cc5ccsc5C[C@H]3C=N4)cc(C[N+](C)(C)Cc3ccc(OS(=O)(=O)Oc4cc(C(=O)N(C)CCOCCOCCOCCN=[N+]=[N-])ccc4OC4O[C@H](CO)[C@H](O)[C@H](O)[C@@H]4O)cc3)c1)N=C[C@@H]1Cc3sccc3CN1C2=O. The minimum Gasteiger partial charge on any atom is -0.493 e. The summed E-state index contributed by atoms with van der Waals surface area (Å²) in [7, 11) is 3.56. The first-order valence-electron chi connectivity index (χ1n) is 33.4. The van der Waals surface area contributed by atoms with Crippen molar-refractivity contribution in [2.75, 3.05) is 94.7 Å². The number of aliphatic hydroxyl groups excluding tert-OH is 4. The lowest BCUT2D eigenvalue weighted by molar-refractivity contribution is -0.916. The molecule has 5 aromatic carbocycles. The molecule has 32 heteroatoms. The van der Waals surface area contributed by atoms with E-state index in [1.165, 1.54) is 60.2 Å². The maximum absolute atomic E-state index is 14.2. The van der Waals surface area contributed by atoms with E-state index in [1.54, 1.807) is 59.1 Å². The summed E-state index contributed by atoms with van der Waals surface area (Å²) >= 11 is 3.36. The normalized spacial score (nSPS) is 19.6. The van der Waals surface area contributed by atoms with Gasteiger partial charge in [0.25, 0.3) is 17.7 Å². The molecule has 0 aliphatic carbocycles. The number of hydrogen-bond donors (Lipinski definition) is 4. The van der Waals surface area contributed by atoms with E-state index in [0.29, 0.717) is 95.6 Å². The van der Waals surface area contributed by atoms with Crippen molar-refractivity contribution < 1.29 is 98.7 Å². The van der Waals surface area contributed by atoms with Crippen LogP contribution in [0.15, 0.2) is 123 Å². The Labute approximate surface area is 608 Å². The molecule has 550 valence electrons. The van der Waals surface area contributed by atoms with Crippen LogP contribution in [0, 0.1) is 0 Å². The fourth-order valence-electron chi connectivity index (χ4n) is 12.8. The molecule has 104 heavy (non-hydrogen) atoms. The molecule has 0 bridgehead atoms. The maximum Gasteiger partial charge on any atom is 0.501 e. The first-order valence-corrected chi connectivity index (χ1v) is 36.5. The fourth-order valence-corrected chi connectivity index (χ4v) is 15.4. The topological polar surface area (TPSA) is 351 Å². The summed E-state index contributed by atoms with van der Waals surface area (Å²) < 4.78 is 91.9. The van der Waals surface area contributed by atoms with Crippen molar-refractivity contribution in [1.82, 2.24) is 14.7 Å². The highest BCUT2D eigenvalue weighted by Crippen LogP contribution is 2.43. The lowest BCUT2D eigenvalue weighted by Gasteiger charge is -2.39. The molecular formula is C72H80N9O20S3+. The van der Waals surface area contributed by atoms with Crippen LogP contribution < -0.4 is 32.1 Å². The molecule has 1 fully saturated rings. The zero-order chi connectivity index (χ0) is 73.2. The highest BCUT2D eigenvalue weighted by atomic mass is 32.3. The van der Waals surface area contributed by atoms with Gasteiger partial charge < -0.3 is 90.6 Å². The van der Waals surface area contributed by atoms with E-state index in [1.807, 2.05) is 65.3 Å². The highest BCUT2D eigenvalue weighted by molar-refractivity contribution is 7.82. The van der Waals surface area contributed by atoms with Crippen LogP contribution >= 0.6 is 22.7 Å². The Kier molecular flexibility index (Phi) is 23.8. The van der Waals surface area contributed by atoms with E-state index in [9.17, 15) is 43.2 Å². The highest BCUT2D eigenvalue weighted by Gasteiger charge is 2.45. The second-order valence-electron chi connectivity index (χ2n) is 25.9. The van der Waals surface area contributed by atoms with Crippen LogP contribution in [0.1, 0.15) is 74.2 Å². The summed E-state index contributed by atoms with van der Waals surface area (Å²) in [6.45, 7) is 2.92. The third-order valence-electron chi connectivity index (χ3n) is 18.0. The molecule has 4 N–H and O–H groups in total. The molecule has 7 heterocycles. The van der Waals surface area contributed by atoms with Gasteiger partial charge >= 0.3 is 10.4 Å². The van der Waals surface area contributed by atoms with Gasteiger partial charge in [0, 0.05) is 102 Å². The average molecular weight is 1490 g/mol. The number of carbonyl (C=O) groups excluding carboxylic acids is 3. The first kappa shape index (κ1) is 74.5. The van der Waals surface area contributed by atoms with Gasteiger partial charge in [-0.25, -0.2) is 0 Å². The summed E-state index contributed by atoms with van der Waals surface area (Å²) in [5.74, 6) is -0.516. The molecule has 0 saturated carbocycles. The minimum atomic E-state index is -5.06. The quantitative estimate of drug-likeness (QED) is 0.0103. The Morgan fingerprint density at radius 3 is 1.77 bits per heavy atom. The molecule has 5 aliphatic rings. The van der Waals surface area contributed by atoms with Crippen LogP contribution in [0.5, 0.6) is 40.2 Å². The molecule has 7 aromatic rings. The molecule has 5 aliphatic heterocycles. The minimum absolute atomic E-state index is 0.0624. The predicted molar refractivity (Wildman–Crippen MR) is 381 cm³/mol. The number of hydrogen-bond acceptors (Lipinski definition) is 25. The van der Waals surface area contributed by atoms with Gasteiger partial charge in [-0.1, -0.05) is 5.11 Å². The number of likely N-dealkylation sites (N-methyl/N-ethyl adjacent to an activating group) is 1. The third-order valence-corrected chi connectivity index (χ3v) is 20.8. The van der Waals surface area contributed by atoms with Crippen LogP contribution in [0.3, 0.4) is 0 Å². The molecule has 29 nitrogen and oxygen atoms in total. The number of methoxy groups -OCH3 is 2. The number of rotatable bonds is 32. The Morgan fingerprint density at radius 2 is 1.21 bits per heavy atom. The Morgan fingerprint density at radius 1 is 0.663 bits per heavy atom. The maximum atomic E-state index is 14.2. The number of aliphatic imine (C=N–C) groups is 2. The van der Waals surface area contributed by atoms with Crippen molar-refractivity contribution in [3.63, 3.8) is 0 Å². The fraction of sp³-hybridized carbons (Fsp3) is 0.403. The van der Waals surface area contributed by atoms with E-state index >= 15 is 0 Å². The van der Waals surface area contributed by atoms with Crippen molar-refractivity contribution in [3.05, 3.63) is 178 Å². The van der Waals surface area contributed by atoms with Crippen LogP contribution in [0.25, 0.3) is 10.4 Å². The number of fused-ring (bicyclic) bond motifs is 6. The molecule has 0 spiro atoms. The second kappa shape index (κ2) is 33.2. The van der Waals surface area contributed by atoms with E-state index < -0.39 is 65.1 Å². The lowest BCUT2D eigenvalue weighted by Crippen LogP contribution is -2.60. The Hall–Kier alpha value is -9.25. The van der Waals surface area contributed by atoms with Crippen LogP contribution in [0.2, 0.25) is 0 Å². The zero-order valence-corrected chi connectivity index (χ0v) is 60.1. The van der Waals surface area contributed by atoms with Gasteiger partial charge in [0.1, 0.15) is 56.5 Å². The molecule has 12 rings (SSSR count). The van der Waals surface area contributed by atoms with Gasteiger partial charge in [-0.3, -0.25) is 24.4 Å². The number of thiophene rings is 2. The number of ether oxygens (including phenoxy) is 9. The van der Waals surface area contributed by atoms with Crippen molar-refractivity contribution in [2.45, 2.75) is 95.0 Å². The van der Waals surface area contributed by atoms with Crippen LogP contribution in [0.4, 0.5) is 11.4 Å². The first-order chi connectivity index (χ1) is 50.2. The van der Waals surface area contributed by atoms with Crippen molar-refractivity contribution >= 4 is 74.6 Å². The van der Waals surface area contributed by atoms with Crippen LogP contribution in [-0.4, -0.2) is 216 Å². The number of quaternary nitrogens is 1. The van der Waals surface area contributed by atoms with Gasteiger partial charge in [-0.2, -0.15) is 0 Å². The number of carbonyl (C=O) groups is 3. The van der Waals surface area contributed by atoms with E-state index in [0.717, 1.165) is 39.4 Å². The molecule has 2 aromatic heterocycles. The lowest BCUT2D eigenvalue weighted by atomic mass is 9.99. The summed E-state index contributed by atoms with van der Waals surface area (Å²) in [6.07, 6.45) is -3.59. The van der Waals surface area contributed by atoms with E-state index in [4.69, 9.17) is 66.5 Å². The number of amides is 3. The third kappa shape index (κ3) is 17.7. The van der Waals surface area contributed by atoms with Gasteiger partial charge in [0.05, 0.1) is 109 Å². The summed E-state index contributed by atoms with van der Waals surface area (Å²) in [4.78, 5) is 62.0. The monoisotopic (exact) mass is 1490 g/mol. The summed E-state index contributed by atoms with van der Waals surface area (Å²) in [6, 6.07) is 26.5. The molecule has 1 saturated heterocycles. The van der Waals surface area contributed by atoms with Gasteiger partial charge in [-0.15, -0.1) is 31.1 Å². The Balaban J connectivity index is 0.742. The molecule has 0 radical (unpaired) electrons. The average Bonchev–Trinajstić information content (AvgIpc) is 1.67. The summed E-state index contributed by atoms with van der Waals surface area (Å²) in [5.41, 5.74) is 15.5. The molecular weight excluding hydrogens is 1410 g/mol. The van der Waals surface area contributed by atoms with Crippen LogP contribution in [-0.2, 0) is 81.6 Å². The summed E-state index contributed by atoms with van der Waals surface area (Å²) in [5, 5.41) is 49.1. The molecule has 1 unspecified atom stereocenters. The standard InChI is InChI=1S/C72H80N9O20S3/c1-78(15-17-94-19-21-95-20-18-93-16-14-76-77-73)69(86)47-8-11-57(98-72-68(85)67(84)66(83)63(40-82)99-72)62(27-47)101-104(89,90)100-52-9-6-43(7-10-52)38-81(2,3)39-44-24-45(41-96-60-32-55-53(30-58(60)91-4)70(87)79-36-48-12-22-102-64(48)28-50(79)34-74-55)26-46(25-44)42-97-61-33-56-54(31-59(61)92-5)71(88)80-37-49-13-23-103-65(49)29-51(80)35-75-56/h6-13,22-27,30-35,50-51,63,66-68,72,82-85H,14-21,28-29,36-42H2,1-5H3/q+1/t50-,51-,63+,66-,67-,68-,72?/m0/s1. The number of nitrogens with zero attached hydrogens (tertiary/aromatic N) is 9. The number of azide groups is 1.